The maximum Gasteiger partial charge on any atom is 0.287 e. The van der Waals surface area contributed by atoms with Crippen molar-refractivity contribution < 1.29 is 14.3 Å². The zero-order valence-corrected chi connectivity index (χ0v) is 17.0. The third kappa shape index (κ3) is 4.40. The third-order valence-electron chi connectivity index (χ3n) is 6.20. The highest BCUT2D eigenvalue weighted by Crippen LogP contribution is 2.46. The van der Waals surface area contributed by atoms with E-state index in [0.717, 1.165) is 32.1 Å². The normalized spacial score (nSPS) is 20.6. The Morgan fingerprint density at radius 3 is 2.86 bits per heavy atom. The van der Waals surface area contributed by atoms with Gasteiger partial charge in [0.15, 0.2) is 12.4 Å². The van der Waals surface area contributed by atoms with Gasteiger partial charge in [0.05, 0.1) is 0 Å². The number of ether oxygens (including phenoxy) is 1. The molecule has 2 aliphatic rings. The van der Waals surface area contributed by atoms with Crippen LogP contribution in [0.2, 0.25) is 5.02 Å². The Morgan fingerprint density at radius 1 is 1.31 bits per heavy atom. The number of halogens is 1. The van der Waals surface area contributed by atoms with Crippen molar-refractivity contribution in [1.82, 2.24) is 20.2 Å². The average Bonchev–Trinajstić information content (AvgIpc) is 3.38. The molecule has 1 aromatic carbocycles. The maximum atomic E-state index is 12.6. The first kappa shape index (κ1) is 19.8. The van der Waals surface area contributed by atoms with E-state index in [1.807, 2.05) is 4.90 Å². The number of imidazole rings is 1. The highest BCUT2D eigenvalue weighted by molar-refractivity contribution is 6.30. The molecule has 29 heavy (non-hydrogen) atoms. The summed E-state index contributed by atoms with van der Waals surface area (Å²) in [7, 11) is 0. The standard InChI is InChI=1S/C21H25ClN4O3/c22-15-3-1-4-16(13-15)29-14-18(27)26-11-7-21(8-12-26)6-2-5-17(21)25-20(28)19-23-9-10-24-19/h1,3-4,9-10,13,17H,2,5-8,11-12,14H2,(H,23,24)(H,25,28). The highest BCUT2D eigenvalue weighted by atomic mass is 35.5. The van der Waals surface area contributed by atoms with Gasteiger partial charge in [-0.3, -0.25) is 9.59 Å². The van der Waals surface area contributed by atoms with Crippen LogP contribution in [0.4, 0.5) is 0 Å². The molecular weight excluding hydrogens is 392 g/mol. The first-order valence-electron chi connectivity index (χ1n) is 10.0. The molecule has 2 aromatic rings. The number of aromatic nitrogens is 2. The van der Waals surface area contributed by atoms with Gasteiger partial charge in [0.1, 0.15) is 5.75 Å². The van der Waals surface area contributed by atoms with Crippen molar-refractivity contribution in [2.45, 2.75) is 38.1 Å². The highest BCUT2D eigenvalue weighted by Gasteiger charge is 2.46. The molecule has 1 atom stereocenters. The molecule has 8 heteroatoms. The number of hydrogen-bond donors (Lipinski definition) is 2. The molecule has 2 fully saturated rings. The molecular formula is C21H25ClN4O3. The molecule has 1 spiro atoms. The van der Waals surface area contributed by atoms with Gasteiger partial charge in [-0.05, 0) is 49.3 Å². The van der Waals surface area contributed by atoms with E-state index >= 15 is 0 Å². The molecule has 0 bridgehead atoms. The summed E-state index contributed by atoms with van der Waals surface area (Å²) in [5, 5.41) is 3.75. The molecule has 7 nitrogen and oxygen atoms in total. The van der Waals surface area contributed by atoms with Crippen LogP contribution in [0.3, 0.4) is 0 Å². The number of amides is 2. The van der Waals surface area contributed by atoms with E-state index in [1.165, 1.54) is 0 Å². The van der Waals surface area contributed by atoms with Gasteiger partial charge in [0.25, 0.3) is 11.8 Å². The van der Waals surface area contributed by atoms with Crippen molar-refractivity contribution in [2.75, 3.05) is 19.7 Å². The summed E-state index contributed by atoms with van der Waals surface area (Å²) in [5.41, 5.74) is 0.0623. The Kier molecular flexibility index (Phi) is 5.76. The molecule has 2 amide bonds. The molecule has 0 radical (unpaired) electrons. The van der Waals surface area contributed by atoms with E-state index in [9.17, 15) is 9.59 Å². The van der Waals surface area contributed by atoms with Gasteiger partial charge in [-0.2, -0.15) is 0 Å². The minimum absolute atomic E-state index is 0.00595. The molecule has 1 saturated heterocycles. The van der Waals surface area contributed by atoms with E-state index in [0.29, 0.717) is 29.7 Å². The Hall–Kier alpha value is -2.54. The molecule has 1 aromatic heterocycles. The largest absolute Gasteiger partial charge is 0.484 e. The monoisotopic (exact) mass is 416 g/mol. The number of H-pyrrole nitrogens is 1. The Morgan fingerprint density at radius 2 is 2.14 bits per heavy atom. The maximum absolute atomic E-state index is 12.6. The van der Waals surface area contributed by atoms with Crippen LogP contribution in [0.5, 0.6) is 5.75 Å². The fraction of sp³-hybridized carbons (Fsp3) is 0.476. The predicted octanol–water partition coefficient (Wildman–Crippen LogP) is 3.03. The van der Waals surface area contributed by atoms with Crippen molar-refractivity contribution in [1.29, 1.82) is 0 Å². The lowest BCUT2D eigenvalue weighted by molar-refractivity contribution is -0.135. The van der Waals surface area contributed by atoms with Crippen LogP contribution in [0.15, 0.2) is 36.7 Å². The van der Waals surface area contributed by atoms with Crippen LogP contribution in [0, 0.1) is 5.41 Å². The van der Waals surface area contributed by atoms with Gasteiger partial charge >= 0.3 is 0 Å². The zero-order valence-electron chi connectivity index (χ0n) is 16.2. The quantitative estimate of drug-likeness (QED) is 0.784. The van der Waals surface area contributed by atoms with Crippen LogP contribution in [0.25, 0.3) is 0 Å². The second-order valence-corrected chi connectivity index (χ2v) is 8.28. The second-order valence-electron chi connectivity index (χ2n) is 7.85. The smallest absolute Gasteiger partial charge is 0.287 e. The lowest BCUT2D eigenvalue weighted by Gasteiger charge is -2.43. The van der Waals surface area contributed by atoms with Crippen LogP contribution < -0.4 is 10.1 Å². The molecule has 2 N–H and O–H groups in total. The summed E-state index contributed by atoms with van der Waals surface area (Å²) in [5.74, 6) is 0.761. The predicted molar refractivity (Wildman–Crippen MR) is 109 cm³/mol. The number of carbonyl (C=O) groups is 2. The molecule has 2 heterocycles. The summed E-state index contributed by atoms with van der Waals surface area (Å²) in [6, 6.07) is 7.17. The zero-order chi connectivity index (χ0) is 20.3. The van der Waals surface area contributed by atoms with E-state index in [-0.39, 0.29) is 29.9 Å². The lowest BCUT2D eigenvalue weighted by Crippen LogP contribution is -2.52. The molecule has 1 unspecified atom stereocenters. The summed E-state index contributed by atoms with van der Waals surface area (Å²) in [6.07, 6.45) is 8.14. The van der Waals surface area contributed by atoms with E-state index in [1.54, 1.807) is 36.7 Å². The summed E-state index contributed by atoms with van der Waals surface area (Å²) >= 11 is 5.95. The molecule has 4 rings (SSSR count). The van der Waals surface area contributed by atoms with Gasteiger partial charge in [0, 0.05) is 36.5 Å². The minimum atomic E-state index is -0.158. The number of nitrogens with zero attached hydrogens (tertiary/aromatic N) is 2. The van der Waals surface area contributed by atoms with Crippen LogP contribution in [0.1, 0.15) is 42.7 Å². The fourth-order valence-corrected chi connectivity index (χ4v) is 4.75. The van der Waals surface area contributed by atoms with Crippen molar-refractivity contribution in [3.8, 4) is 5.75 Å². The Balaban J connectivity index is 1.30. The number of likely N-dealkylation sites (tertiary alicyclic amines) is 1. The topological polar surface area (TPSA) is 87.3 Å². The number of piperidine rings is 1. The van der Waals surface area contributed by atoms with Crippen molar-refractivity contribution >= 4 is 23.4 Å². The van der Waals surface area contributed by atoms with Crippen molar-refractivity contribution in [3.05, 3.63) is 47.5 Å². The second kappa shape index (κ2) is 8.45. The minimum Gasteiger partial charge on any atom is -0.484 e. The Labute approximate surface area is 174 Å². The summed E-state index contributed by atoms with van der Waals surface area (Å²) in [6.45, 7) is 1.38. The van der Waals surface area contributed by atoms with Gasteiger partial charge in [-0.15, -0.1) is 0 Å². The van der Waals surface area contributed by atoms with Crippen LogP contribution in [-0.2, 0) is 4.79 Å². The first-order valence-corrected chi connectivity index (χ1v) is 10.4. The molecule has 1 saturated carbocycles. The van der Waals surface area contributed by atoms with E-state index < -0.39 is 0 Å². The molecule has 1 aliphatic heterocycles. The van der Waals surface area contributed by atoms with Gasteiger partial charge in [-0.1, -0.05) is 24.1 Å². The first-order chi connectivity index (χ1) is 14.1. The third-order valence-corrected chi connectivity index (χ3v) is 6.43. The van der Waals surface area contributed by atoms with Gasteiger partial charge in [-0.25, -0.2) is 4.98 Å². The molecule has 154 valence electrons. The fourth-order valence-electron chi connectivity index (χ4n) is 4.57. The number of carbonyl (C=O) groups excluding carboxylic acids is 2. The summed E-state index contributed by atoms with van der Waals surface area (Å²) in [4.78, 5) is 33.7. The number of benzene rings is 1. The van der Waals surface area contributed by atoms with E-state index in [2.05, 4.69) is 15.3 Å². The number of rotatable bonds is 5. The number of aromatic amines is 1. The number of hydrogen-bond acceptors (Lipinski definition) is 4. The van der Waals surface area contributed by atoms with Gasteiger partial charge < -0.3 is 19.9 Å². The SMILES string of the molecule is O=C(NC1CCCC12CCN(C(=O)COc1cccc(Cl)c1)CC2)c1ncc[nH]1. The Bertz CT molecular complexity index is 863. The van der Waals surface area contributed by atoms with Crippen LogP contribution in [-0.4, -0.2) is 52.4 Å². The van der Waals surface area contributed by atoms with Gasteiger partial charge in [0.2, 0.25) is 0 Å². The summed E-state index contributed by atoms with van der Waals surface area (Å²) < 4.78 is 5.59. The lowest BCUT2D eigenvalue weighted by atomic mass is 9.74. The van der Waals surface area contributed by atoms with E-state index in [4.69, 9.17) is 16.3 Å². The average molecular weight is 417 g/mol. The number of nitrogens with one attached hydrogen (secondary N) is 2. The van der Waals surface area contributed by atoms with Crippen LogP contribution >= 0.6 is 11.6 Å². The van der Waals surface area contributed by atoms with Crippen molar-refractivity contribution in [3.63, 3.8) is 0 Å². The molecule has 1 aliphatic carbocycles. The van der Waals surface area contributed by atoms with Crippen molar-refractivity contribution in [2.24, 2.45) is 5.41 Å².